The lowest BCUT2D eigenvalue weighted by Crippen LogP contribution is -2.35. The Morgan fingerprint density at radius 2 is 2.21 bits per heavy atom. The summed E-state index contributed by atoms with van der Waals surface area (Å²) in [5.74, 6) is 0.908. The molecule has 2 atom stereocenters. The van der Waals surface area contributed by atoms with E-state index in [1.54, 1.807) is 18.7 Å². The molecule has 1 aromatic rings. The molecule has 0 bridgehead atoms. The van der Waals surface area contributed by atoms with Crippen LogP contribution in [0.15, 0.2) is 23.1 Å². The summed E-state index contributed by atoms with van der Waals surface area (Å²) >= 11 is 7.69. The van der Waals surface area contributed by atoms with Crippen LogP contribution in [0.25, 0.3) is 0 Å². The number of benzene rings is 1. The summed E-state index contributed by atoms with van der Waals surface area (Å²) in [6.07, 6.45) is -4.13. The van der Waals surface area contributed by atoms with Gasteiger partial charge < -0.3 is 5.32 Å². The van der Waals surface area contributed by atoms with Crippen molar-refractivity contribution in [3.8, 4) is 0 Å². The van der Waals surface area contributed by atoms with Crippen LogP contribution in [0.2, 0.25) is 5.02 Å². The highest BCUT2D eigenvalue weighted by Crippen LogP contribution is 2.38. The fourth-order valence-electron chi connectivity index (χ4n) is 2.29. The van der Waals surface area contributed by atoms with Gasteiger partial charge in [-0.2, -0.15) is 13.2 Å². The Morgan fingerprint density at radius 3 is 2.89 bits per heavy atom. The highest BCUT2D eigenvalue weighted by molar-refractivity contribution is 7.99. The van der Waals surface area contributed by atoms with E-state index in [4.69, 9.17) is 11.6 Å². The Hall–Kier alpha value is -0.390. The van der Waals surface area contributed by atoms with Crippen LogP contribution < -0.4 is 5.32 Å². The summed E-state index contributed by atoms with van der Waals surface area (Å²) < 4.78 is 37.1. The SMILES string of the molecule is CC(CC(F)(F)F)NC1CCSc2ccc(Cl)cc21. The molecule has 0 amide bonds. The van der Waals surface area contributed by atoms with E-state index in [1.165, 1.54) is 0 Å². The zero-order valence-corrected chi connectivity index (χ0v) is 12.0. The molecule has 19 heavy (non-hydrogen) atoms. The Balaban J connectivity index is 2.09. The van der Waals surface area contributed by atoms with Crippen molar-refractivity contribution in [2.24, 2.45) is 0 Å². The molecule has 6 heteroatoms. The first kappa shape index (κ1) is 15.0. The highest BCUT2D eigenvalue weighted by atomic mass is 35.5. The van der Waals surface area contributed by atoms with Crippen LogP contribution in [0.1, 0.15) is 31.4 Å². The van der Waals surface area contributed by atoms with Crippen molar-refractivity contribution in [3.05, 3.63) is 28.8 Å². The molecule has 1 N–H and O–H groups in total. The molecule has 0 radical (unpaired) electrons. The topological polar surface area (TPSA) is 12.0 Å². The fraction of sp³-hybridized carbons (Fsp3) is 0.538. The molecular weight excluding hydrogens is 295 g/mol. The molecule has 1 aromatic carbocycles. The molecule has 2 unspecified atom stereocenters. The van der Waals surface area contributed by atoms with Crippen LogP contribution in [0.5, 0.6) is 0 Å². The maximum atomic E-state index is 12.4. The second kappa shape index (κ2) is 5.94. The number of alkyl halides is 3. The zero-order valence-electron chi connectivity index (χ0n) is 10.4. The van der Waals surface area contributed by atoms with Gasteiger partial charge in [-0.1, -0.05) is 11.6 Å². The largest absolute Gasteiger partial charge is 0.390 e. The quantitative estimate of drug-likeness (QED) is 0.860. The average molecular weight is 310 g/mol. The van der Waals surface area contributed by atoms with Gasteiger partial charge in [-0.25, -0.2) is 0 Å². The van der Waals surface area contributed by atoms with Gasteiger partial charge in [0.05, 0.1) is 6.42 Å². The van der Waals surface area contributed by atoms with E-state index in [1.807, 2.05) is 18.2 Å². The molecule has 1 aliphatic heterocycles. The summed E-state index contributed by atoms with van der Waals surface area (Å²) in [4.78, 5) is 1.10. The fourth-order valence-corrected chi connectivity index (χ4v) is 3.57. The molecule has 0 spiro atoms. The normalized spacial score (nSPS) is 21.0. The Bertz CT molecular complexity index is 450. The second-order valence-electron chi connectivity index (χ2n) is 4.76. The second-order valence-corrected chi connectivity index (χ2v) is 6.33. The van der Waals surface area contributed by atoms with Crippen LogP contribution in [-0.4, -0.2) is 18.0 Å². The van der Waals surface area contributed by atoms with E-state index in [-0.39, 0.29) is 6.04 Å². The van der Waals surface area contributed by atoms with Crippen LogP contribution in [0.3, 0.4) is 0 Å². The smallest absolute Gasteiger partial charge is 0.307 e. The number of thioether (sulfide) groups is 1. The van der Waals surface area contributed by atoms with Crippen LogP contribution in [0, 0.1) is 0 Å². The predicted molar refractivity (Wildman–Crippen MR) is 72.8 cm³/mol. The average Bonchev–Trinajstić information content (AvgIpc) is 2.27. The molecule has 0 aliphatic carbocycles. The Kier molecular flexibility index (Phi) is 4.69. The minimum atomic E-state index is -4.13. The maximum absolute atomic E-state index is 12.4. The summed E-state index contributed by atoms with van der Waals surface area (Å²) in [6, 6.07) is 4.95. The first-order chi connectivity index (χ1) is 8.85. The third kappa shape index (κ3) is 4.29. The van der Waals surface area contributed by atoms with Gasteiger partial charge in [-0.15, -0.1) is 11.8 Å². The van der Waals surface area contributed by atoms with Crippen LogP contribution >= 0.6 is 23.4 Å². The number of hydrogen-bond donors (Lipinski definition) is 1. The molecule has 0 fully saturated rings. The van der Waals surface area contributed by atoms with Crippen molar-refractivity contribution in [2.75, 3.05) is 5.75 Å². The molecule has 1 nitrogen and oxygen atoms in total. The lowest BCUT2D eigenvalue weighted by Gasteiger charge is -2.29. The molecule has 0 saturated heterocycles. The maximum Gasteiger partial charge on any atom is 0.390 e. The number of nitrogens with one attached hydrogen (secondary N) is 1. The standard InChI is InChI=1S/C13H15ClF3NS/c1-8(7-13(15,16)17)18-11-4-5-19-12-3-2-9(14)6-10(11)12/h2-3,6,8,11,18H,4-5,7H2,1H3. The van der Waals surface area contributed by atoms with Gasteiger partial charge >= 0.3 is 6.18 Å². The van der Waals surface area contributed by atoms with Crippen LogP contribution in [-0.2, 0) is 0 Å². The summed E-state index contributed by atoms with van der Waals surface area (Å²) in [5.41, 5.74) is 1.01. The van der Waals surface area contributed by atoms with E-state index in [0.29, 0.717) is 5.02 Å². The molecule has 0 saturated carbocycles. The van der Waals surface area contributed by atoms with Crippen molar-refractivity contribution in [2.45, 2.75) is 42.9 Å². The number of halogens is 4. The van der Waals surface area contributed by atoms with Crippen molar-refractivity contribution < 1.29 is 13.2 Å². The predicted octanol–water partition coefficient (Wildman–Crippen LogP) is 4.81. The van der Waals surface area contributed by atoms with E-state index in [2.05, 4.69) is 5.32 Å². The van der Waals surface area contributed by atoms with Gasteiger partial charge in [-0.05, 0) is 42.9 Å². The van der Waals surface area contributed by atoms with Gasteiger partial charge in [0.15, 0.2) is 0 Å². The summed E-state index contributed by atoms with van der Waals surface area (Å²) in [6.45, 7) is 1.57. The van der Waals surface area contributed by atoms with Gasteiger partial charge in [0.2, 0.25) is 0 Å². The van der Waals surface area contributed by atoms with Crippen molar-refractivity contribution in [3.63, 3.8) is 0 Å². The zero-order chi connectivity index (χ0) is 14.0. The Labute approximate surface area is 119 Å². The molecule has 2 rings (SSSR count). The molecule has 1 aliphatic rings. The first-order valence-corrected chi connectivity index (χ1v) is 7.46. The number of rotatable bonds is 3. The van der Waals surface area contributed by atoms with Gasteiger partial charge in [0, 0.05) is 22.0 Å². The summed E-state index contributed by atoms with van der Waals surface area (Å²) in [5, 5.41) is 3.69. The third-order valence-electron chi connectivity index (χ3n) is 3.03. The van der Waals surface area contributed by atoms with Crippen LogP contribution in [0.4, 0.5) is 13.2 Å². The minimum Gasteiger partial charge on any atom is -0.307 e. The lowest BCUT2D eigenvalue weighted by molar-refractivity contribution is -0.139. The minimum absolute atomic E-state index is 0.0488. The molecule has 1 heterocycles. The highest BCUT2D eigenvalue weighted by Gasteiger charge is 2.31. The van der Waals surface area contributed by atoms with Gasteiger partial charge in [0.25, 0.3) is 0 Å². The number of hydrogen-bond acceptors (Lipinski definition) is 2. The molecule has 0 aromatic heterocycles. The summed E-state index contributed by atoms with van der Waals surface area (Å²) in [7, 11) is 0. The molecular formula is C13H15ClF3NS. The van der Waals surface area contributed by atoms with Crippen molar-refractivity contribution in [1.29, 1.82) is 0 Å². The van der Waals surface area contributed by atoms with E-state index in [9.17, 15) is 13.2 Å². The van der Waals surface area contributed by atoms with Crippen molar-refractivity contribution in [1.82, 2.24) is 5.32 Å². The van der Waals surface area contributed by atoms with Crippen molar-refractivity contribution >= 4 is 23.4 Å². The monoisotopic (exact) mass is 309 g/mol. The van der Waals surface area contributed by atoms with E-state index >= 15 is 0 Å². The third-order valence-corrected chi connectivity index (χ3v) is 4.39. The number of fused-ring (bicyclic) bond motifs is 1. The van der Waals surface area contributed by atoms with E-state index in [0.717, 1.165) is 22.6 Å². The van der Waals surface area contributed by atoms with Gasteiger partial charge in [0.1, 0.15) is 0 Å². The van der Waals surface area contributed by atoms with Gasteiger partial charge in [-0.3, -0.25) is 0 Å². The lowest BCUT2D eigenvalue weighted by atomic mass is 10.0. The first-order valence-electron chi connectivity index (χ1n) is 6.10. The molecule has 106 valence electrons. The Morgan fingerprint density at radius 1 is 1.47 bits per heavy atom. The van der Waals surface area contributed by atoms with E-state index < -0.39 is 18.6 Å².